The number of hydrogen-bond donors (Lipinski definition) is 2. The molecule has 2 N–H and O–H groups in total. The van der Waals surface area contributed by atoms with E-state index in [0.717, 1.165) is 22.2 Å². The maximum absolute atomic E-state index is 12.9. The topological polar surface area (TPSA) is 66.9 Å². The Labute approximate surface area is 169 Å². The minimum absolute atomic E-state index is 0.140. The van der Waals surface area contributed by atoms with Gasteiger partial charge in [-0.2, -0.15) is 0 Å². The van der Waals surface area contributed by atoms with Crippen molar-refractivity contribution in [1.29, 1.82) is 0 Å². The van der Waals surface area contributed by atoms with Crippen LogP contribution in [0.4, 0.5) is 11.5 Å². The molecule has 0 fully saturated rings. The minimum atomic E-state index is -0.306. The largest absolute Gasteiger partial charge is 0.343 e. The molecule has 1 aromatic heterocycles. The Morgan fingerprint density at radius 1 is 0.862 bits per heavy atom. The van der Waals surface area contributed by atoms with E-state index in [9.17, 15) is 4.79 Å². The molecule has 0 unspecified atom stereocenters. The van der Waals surface area contributed by atoms with Crippen LogP contribution in [0.3, 0.4) is 0 Å². The predicted octanol–water partition coefficient (Wildman–Crippen LogP) is 5.17. The fourth-order valence-electron chi connectivity index (χ4n) is 3.13. The van der Waals surface area contributed by atoms with Crippen LogP contribution in [0.25, 0.3) is 10.9 Å². The number of aryl methyl sites for hydroxylation is 1. The molecule has 5 nitrogen and oxygen atoms in total. The number of aromatic nitrogens is 2. The quantitative estimate of drug-likeness (QED) is 0.499. The van der Waals surface area contributed by atoms with Crippen molar-refractivity contribution in [2.75, 3.05) is 5.32 Å². The second-order valence-electron chi connectivity index (χ2n) is 7.01. The number of amides is 1. The first-order valence-corrected chi connectivity index (χ1v) is 9.56. The van der Waals surface area contributed by atoms with Gasteiger partial charge in [-0.1, -0.05) is 60.2 Å². The highest BCUT2D eigenvalue weighted by Crippen LogP contribution is 2.24. The molecule has 0 radical (unpaired) electrons. The van der Waals surface area contributed by atoms with Crippen LogP contribution in [-0.2, 0) is 0 Å². The van der Waals surface area contributed by atoms with E-state index >= 15 is 0 Å². The van der Waals surface area contributed by atoms with Crippen molar-refractivity contribution in [3.05, 3.63) is 95.8 Å². The van der Waals surface area contributed by atoms with Gasteiger partial charge in [-0.3, -0.25) is 4.79 Å². The number of anilines is 2. The van der Waals surface area contributed by atoms with Crippen molar-refractivity contribution in [2.45, 2.75) is 19.9 Å². The Kier molecular flexibility index (Phi) is 5.20. The molecule has 0 spiro atoms. The summed E-state index contributed by atoms with van der Waals surface area (Å²) in [6.07, 6.45) is 0. The second-order valence-corrected chi connectivity index (χ2v) is 7.01. The van der Waals surface area contributed by atoms with Crippen LogP contribution in [-0.4, -0.2) is 15.9 Å². The molecule has 5 heteroatoms. The van der Waals surface area contributed by atoms with Gasteiger partial charge >= 0.3 is 0 Å². The van der Waals surface area contributed by atoms with Crippen LogP contribution >= 0.6 is 0 Å². The van der Waals surface area contributed by atoms with Crippen LogP contribution in [0.2, 0.25) is 0 Å². The molecule has 4 rings (SSSR count). The summed E-state index contributed by atoms with van der Waals surface area (Å²) < 4.78 is 0. The highest BCUT2D eigenvalue weighted by molar-refractivity contribution is 5.97. The van der Waals surface area contributed by atoms with Crippen LogP contribution in [0.15, 0.2) is 78.9 Å². The Bertz CT molecular complexity index is 1140. The van der Waals surface area contributed by atoms with Gasteiger partial charge in [-0.25, -0.2) is 9.97 Å². The molecule has 0 bridgehead atoms. The van der Waals surface area contributed by atoms with Crippen molar-refractivity contribution in [2.24, 2.45) is 0 Å². The van der Waals surface area contributed by atoms with Gasteiger partial charge in [-0.15, -0.1) is 0 Å². The summed E-state index contributed by atoms with van der Waals surface area (Å²) in [6, 6.07) is 25.4. The Morgan fingerprint density at radius 2 is 1.55 bits per heavy atom. The molecule has 29 heavy (non-hydrogen) atoms. The zero-order chi connectivity index (χ0) is 20.2. The summed E-state index contributed by atoms with van der Waals surface area (Å²) in [5, 5.41) is 7.17. The number of benzene rings is 3. The molecule has 0 aliphatic carbocycles. The molecule has 1 heterocycles. The van der Waals surface area contributed by atoms with Crippen molar-refractivity contribution in [3.63, 3.8) is 0 Å². The smallest absolute Gasteiger partial charge is 0.289 e. The van der Waals surface area contributed by atoms with E-state index in [-0.39, 0.29) is 17.8 Å². The third kappa shape index (κ3) is 4.24. The van der Waals surface area contributed by atoms with Crippen molar-refractivity contribution in [1.82, 2.24) is 15.3 Å². The first-order chi connectivity index (χ1) is 14.1. The van der Waals surface area contributed by atoms with E-state index in [1.165, 1.54) is 5.56 Å². The normalized spacial score (nSPS) is 11.8. The Balaban J connectivity index is 1.66. The number of nitrogens with one attached hydrogen (secondary N) is 2. The SMILES string of the molecule is Cc1ccc(Nc2nc(C(=O)N[C@H](C)c3ccccc3)nc3ccccc23)cc1. The van der Waals surface area contributed by atoms with Gasteiger partial charge in [0.1, 0.15) is 5.82 Å². The molecule has 0 saturated heterocycles. The van der Waals surface area contributed by atoms with Crippen molar-refractivity contribution in [3.8, 4) is 0 Å². The molecular weight excluding hydrogens is 360 g/mol. The highest BCUT2D eigenvalue weighted by Gasteiger charge is 2.17. The second kappa shape index (κ2) is 8.10. The first kappa shape index (κ1) is 18.6. The number of hydrogen-bond acceptors (Lipinski definition) is 4. The van der Waals surface area contributed by atoms with Gasteiger partial charge in [-0.05, 0) is 43.7 Å². The van der Waals surface area contributed by atoms with E-state index in [2.05, 4.69) is 20.6 Å². The third-order valence-corrected chi connectivity index (χ3v) is 4.77. The van der Waals surface area contributed by atoms with E-state index < -0.39 is 0 Å². The lowest BCUT2D eigenvalue weighted by Gasteiger charge is -2.15. The fourth-order valence-corrected chi connectivity index (χ4v) is 3.13. The van der Waals surface area contributed by atoms with Crippen LogP contribution in [0, 0.1) is 6.92 Å². The molecule has 0 aliphatic rings. The van der Waals surface area contributed by atoms with E-state index in [4.69, 9.17) is 0 Å². The van der Waals surface area contributed by atoms with Crippen molar-refractivity contribution < 1.29 is 4.79 Å². The van der Waals surface area contributed by atoms with Gasteiger partial charge in [0.15, 0.2) is 0 Å². The molecule has 3 aromatic carbocycles. The highest BCUT2D eigenvalue weighted by atomic mass is 16.2. The molecule has 1 atom stereocenters. The van der Waals surface area contributed by atoms with Crippen molar-refractivity contribution >= 4 is 28.3 Å². The standard InChI is InChI=1S/C24H22N4O/c1-16-12-14-19(15-13-16)26-22-20-10-6-7-11-21(20)27-23(28-22)24(29)25-17(2)18-8-4-3-5-9-18/h3-15,17H,1-2H3,(H,25,29)(H,26,27,28)/t17-/m1/s1. The number of carbonyl (C=O) groups excluding carboxylic acids is 1. The minimum Gasteiger partial charge on any atom is -0.343 e. The number of carbonyl (C=O) groups is 1. The lowest BCUT2D eigenvalue weighted by atomic mass is 10.1. The lowest BCUT2D eigenvalue weighted by Crippen LogP contribution is -2.28. The van der Waals surface area contributed by atoms with E-state index in [0.29, 0.717) is 5.82 Å². The number of nitrogens with zero attached hydrogens (tertiary/aromatic N) is 2. The predicted molar refractivity (Wildman–Crippen MR) is 116 cm³/mol. The third-order valence-electron chi connectivity index (χ3n) is 4.77. The Hall–Kier alpha value is -3.73. The summed E-state index contributed by atoms with van der Waals surface area (Å²) in [7, 11) is 0. The molecule has 0 saturated carbocycles. The summed E-state index contributed by atoms with van der Waals surface area (Å²) in [5.74, 6) is 0.442. The van der Waals surface area contributed by atoms with Gasteiger partial charge < -0.3 is 10.6 Å². The summed E-state index contributed by atoms with van der Waals surface area (Å²) in [4.78, 5) is 21.9. The number of fused-ring (bicyclic) bond motifs is 1. The summed E-state index contributed by atoms with van der Waals surface area (Å²) in [5.41, 5.74) is 3.83. The van der Waals surface area contributed by atoms with Gasteiger partial charge in [0.05, 0.1) is 11.6 Å². The number of rotatable bonds is 5. The Morgan fingerprint density at radius 3 is 2.31 bits per heavy atom. The van der Waals surface area contributed by atoms with Gasteiger partial charge in [0.25, 0.3) is 5.91 Å². The zero-order valence-electron chi connectivity index (χ0n) is 16.4. The number of para-hydroxylation sites is 1. The van der Waals surface area contributed by atoms with Gasteiger partial charge in [0.2, 0.25) is 5.82 Å². The average molecular weight is 382 g/mol. The molecular formula is C24H22N4O. The fraction of sp³-hybridized carbons (Fsp3) is 0.125. The molecule has 144 valence electrons. The van der Waals surface area contributed by atoms with Crippen LogP contribution in [0.5, 0.6) is 0 Å². The summed E-state index contributed by atoms with van der Waals surface area (Å²) in [6.45, 7) is 3.99. The maximum Gasteiger partial charge on any atom is 0.289 e. The first-order valence-electron chi connectivity index (χ1n) is 9.56. The van der Waals surface area contributed by atoms with Crippen LogP contribution < -0.4 is 10.6 Å². The monoisotopic (exact) mass is 382 g/mol. The van der Waals surface area contributed by atoms with Crippen LogP contribution in [0.1, 0.15) is 34.7 Å². The lowest BCUT2D eigenvalue weighted by molar-refractivity contribution is 0.0930. The average Bonchev–Trinajstić information content (AvgIpc) is 2.75. The van der Waals surface area contributed by atoms with E-state index in [1.54, 1.807) is 0 Å². The zero-order valence-corrected chi connectivity index (χ0v) is 16.4. The molecule has 1 amide bonds. The summed E-state index contributed by atoms with van der Waals surface area (Å²) >= 11 is 0. The maximum atomic E-state index is 12.9. The molecule has 0 aliphatic heterocycles. The molecule has 4 aromatic rings. The van der Waals surface area contributed by atoms with E-state index in [1.807, 2.05) is 92.7 Å². The van der Waals surface area contributed by atoms with Gasteiger partial charge in [0, 0.05) is 11.1 Å².